The van der Waals surface area contributed by atoms with Crippen molar-refractivity contribution in [3.8, 4) is 0 Å². The maximum Gasteiger partial charge on any atom is 0.375 e. The molecular formula is C46H38O8. The van der Waals surface area contributed by atoms with Gasteiger partial charge in [0.05, 0.1) is 11.8 Å². The molecule has 4 aliphatic rings. The van der Waals surface area contributed by atoms with Crippen molar-refractivity contribution in [2.45, 2.75) is 49.8 Å². The van der Waals surface area contributed by atoms with E-state index in [1.54, 1.807) is 13.8 Å². The SMILES string of the molecule is CC12OC(=O)C(OCc3ccccc3COC3=CC4C(C)(OC3=O)OC4(c3ccccc3)c3ccccc3)=CC1C(c1ccccc1)(c1ccccc1)O2. The minimum absolute atomic E-state index is 0.0671. The molecular weight excluding hydrogens is 680 g/mol. The smallest absolute Gasteiger partial charge is 0.375 e. The molecule has 0 N–H and O–H groups in total. The zero-order valence-corrected chi connectivity index (χ0v) is 29.8. The van der Waals surface area contributed by atoms with E-state index in [9.17, 15) is 9.59 Å². The molecule has 0 spiro atoms. The zero-order valence-electron chi connectivity index (χ0n) is 29.8. The Labute approximate surface area is 313 Å². The Morgan fingerprint density at radius 3 is 1.07 bits per heavy atom. The molecule has 5 aromatic carbocycles. The van der Waals surface area contributed by atoms with Crippen LogP contribution in [0.25, 0.3) is 0 Å². The van der Waals surface area contributed by atoms with Gasteiger partial charge in [0.1, 0.15) is 24.4 Å². The lowest BCUT2D eigenvalue weighted by Crippen LogP contribution is -2.68. The Balaban J connectivity index is 0.967. The van der Waals surface area contributed by atoms with E-state index in [1.165, 1.54) is 0 Å². The fourth-order valence-corrected chi connectivity index (χ4v) is 8.52. The predicted octanol–water partition coefficient (Wildman–Crippen LogP) is 8.21. The van der Waals surface area contributed by atoms with Crippen LogP contribution in [0.2, 0.25) is 0 Å². The summed E-state index contributed by atoms with van der Waals surface area (Å²) in [6.45, 7) is 3.70. The lowest BCUT2D eigenvalue weighted by atomic mass is 9.66. The van der Waals surface area contributed by atoms with Crippen LogP contribution >= 0.6 is 0 Å². The third kappa shape index (κ3) is 5.28. The number of ether oxygens (including phenoxy) is 6. The van der Waals surface area contributed by atoms with Crippen LogP contribution in [-0.2, 0) is 62.4 Å². The fraction of sp³-hybridized carbons (Fsp3) is 0.217. The number of fused-ring (bicyclic) bond motifs is 2. The minimum Gasteiger partial charge on any atom is -0.482 e. The summed E-state index contributed by atoms with van der Waals surface area (Å²) in [6, 6.07) is 47.4. The van der Waals surface area contributed by atoms with Gasteiger partial charge in [0, 0.05) is 13.8 Å². The number of rotatable bonds is 10. The molecule has 54 heavy (non-hydrogen) atoms. The van der Waals surface area contributed by atoms with Crippen molar-refractivity contribution in [3.05, 3.63) is 203 Å². The number of carbonyl (C=O) groups is 2. The first-order valence-electron chi connectivity index (χ1n) is 18.1. The average molecular weight is 719 g/mol. The maximum atomic E-state index is 13.3. The standard InChI is InChI=1S/C46H38O8/c1-43-39(45(53-43,33-19-7-3-8-20-33)34-21-9-4-10-22-34)27-37(41(47)51-43)49-29-31-17-15-16-18-32(31)30-50-38-28-40-44(2,52-42(38)48)54-46(40,35-23-11-5-12-24-35)36-25-13-6-14-26-36/h3-28,39-40H,29-30H2,1-2H3. The Kier molecular flexibility index (Phi) is 8.06. The molecule has 0 aromatic heterocycles. The van der Waals surface area contributed by atoms with Crippen LogP contribution in [0, 0.1) is 11.8 Å². The summed E-state index contributed by atoms with van der Waals surface area (Å²) in [6.07, 6.45) is 3.67. The fourth-order valence-electron chi connectivity index (χ4n) is 8.52. The molecule has 4 atom stereocenters. The van der Waals surface area contributed by atoms with E-state index in [0.717, 1.165) is 33.4 Å². The third-order valence-corrected chi connectivity index (χ3v) is 11.1. The number of hydrogen-bond acceptors (Lipinski definition) is 8. The summed E-state index contributed by atoms with van der Waals surface area (Å²) in [5.74, 6) is -4.02. The highest BCUT2D eigenvalue weighted by molar-refractivity contribution is 5.88. The van der Waals surface area contributed by atoms with E-state index in [-0.39, 0.29) is 36.6 Å². The molecule has 4 unspecified atom stereocenters. The molecule has 4 heterocycles. The second kappa shape index (κ2) is 12.9. The Hall–Kier alpha value is -5.96. The van der Waals surface area contributed by atoms with Crippen molar-refractivity contribution in [3.63, 3.8) is 0 Å². The van der Waals surface area contributed by atoms with Crippen LogP contribution in [0.4, 0.5) is 0 Å². The highest BCUT2D eigenvalue weighted by Crippen LogP contribution is 2.61. The lowest BCUT2D eigenvalue weighted by molar-refractivity contribution is -0.389. The van der Waals surface area contributed by atoms with Crippen LogP contribution in [0.1, 0.15) is 47.2 Å². The van der Waals surface area contributed by atoms with E-state index in [4.69, 9.17) is 28.4 Å². The predicted molar refractivity (Wildman–Crippen MR) is 198 cm³/mol. The number of esters is 2. The molecule has 9 rings (SSSR count). The molecule has 8 heteroatoms. The molecule has 0 radical (unpaired) electrons. The first-order valence-corrected chi connectivity index (χ1v) is 18.1. The van der Waals surface area contributed by atoms with Gasteiger partial charge in [0.2, 0.25) is 23.1 Å². The molecule has 8 nitrogen and oxygen atoms in total. The van der Waals surface area contributed by atoms with Crippen LogP contribution in [0.15, 0.2) is 169 Å². The second-order valence-electron chi connectivity index (χ2n) is 14.3. The van der Waals surface area contributed by atoms with Crippen LogP contribution < -0.4 is 0 Å². The van der Waals surface area contributed by atoms with Gasteiger partial charge in [0.25, 0.3) is 0 Å². The van der Waals surface area contributed by atoms with Crippen molar-refractivity contribution in [1.29, 1.82) is 0 Å². The van der Waals surface area contributed by atoms with Gasteiger partial charge in [-0.2, -0.15) is 0 Å². The van der Waals surface area contributed by atoms with Crippen LogP contribution in [0.3, 0.4) is 0 Å². The molecule has 2 fully saturated rings. The van der Waals surface area contributed by atoms with Crippen molar-refractivity contribution in [1.82, 2.24) is 0 Å². The Morgan fingerprint density at radius 2 is 0.759 bits per heavy atom. The van der Waals surface area contributed by atoms with Gasteiger partial charge < -0.3 is 28.4 Å². The van der Waals surface area contributed by atoms with E-state index >= 15 is 0 Å². The van der Waals surface area contributed by atoms with Crippen molar-refractivity contribution in [2.24, 2.45) is 11.8 Å². The van der Waals surface area contributed by atoms with Crippen molar-refractivity contribution >= 4 is 11.9 Å². The van der Waals surface area contributed by atoms with Crippen molar-refractivity contribution in [2.75, 3.05) is 0 Å². The Morgan fingerprint density at radius 1 is 0.463 bits per heavy atom. The summed E-state index contributed by atoms with van der Waals surface area (Å²) >= 11 is 0. The highest BCUT2D eigenvalue weighted by Gasteiger charge is 2.69. The van der Waals surface area contributed by atoms with Crippen LogP contribution in [0.5, 0.6) is 0 Å². The highest BCUT2D eigenvalue weighted by atomic mass is 16.8. The van der Waals surface area contributed by atoms with Crippen molar-refractivity contribution < 1.29 is 38.0 Å². The van der Waals surface area contributed by atoms with E-state index in [1.807, 2.05) is 158 Å². The number of benzene rings is 5. The number of carbonyl (C=O) groups excluding carboxylic acids is 2. The quantitative estimate of drug-likeness (QED) is 0.134. The van der Waals surface area contributed by atoms with Gasteiger partial charge in [-0.25, -0.2) is 9.59 Å². The molecule has 2 saturated heterocycles. The Bertz CT molecular complexity index is 2030. The summed E-state index contributed by atoms with van der Waals surface area (Å²) in [4.78, 5) is 26.6. The summed E-state index contributed by atoms with van der Waals surface area (Å²) in [5.41, 5.74) is 3.61. The summed E-state index contributed by atoms with van der Waals surface area (Å²) in [7, 11) is 0. The topological polar surface area (TPSA) is 89.5 Å². The first-order chi connectivity index (χ1) is 26.3. The van der Waals surface area contributed by atoms with E-state index in [2.05, 4.69) is 0 Å². The van der Waals surface area contributed by atoms with Gasteiger partial charge in [-0.3, -0.25) is 0 Å². The first kappa shape index (κ1) is 33.8. The van der Waals surface area contributed by atoms with E-state index in [0.29, 0.717) is 0 Å². The second-order valence-corrected chi connectivity index (χ2v) is 14.3. The monoisotopic (exact) mass is 718 g/mol. The molecule has 0 amide bonds. The lowest BCUT2D eigenvalue weighted by Gasteiger charge is -2.60. The summed E-state index contributed by atoms with van der Waals surface area (Å²) < 4.78 is 37.4. The average Bonchev–Trinajstić information content (AvgIpc) is 3.19. The zero-order chi connectivity index (χ0) is 37.0. The normalized spacial score (nSPS) is 25.9. The molecule has 0 aliphatic carbocycles. The molecule has 0 bridgehead atoms. The van der Waals surface area contributed by atoms with Gasteiger partial charge in [-0.15, -0.1) is 0 Å². The van der Waals surface area contributed by atoms with Gasteiger partial charge >= 0.3 is 11.9 Å². The largest absolute Gasteiger partial charge is 0.482 e. The van der Waals surface area contributed by atoms with Gasteiger partial charge in [-0.05, 0) is 45.5 Å². The van der Waals surface area contributed by atoms with Crippen LogP contribution in [-0.4, -0.2) is 23.5 Å². The van der Waals surface area contributed by atoms with E-state index < -0.39 is 34.7 Å². The van der Waals surface area contributed by atoms with Gasteiger partial charge in [-0.1, -0.05) is 146 Å². The molecule has 270 valence electrons. The maximum absolute atomic E-state index is 13.3. The minimum atomic E-state index is -1.16. The number of hydrogen-bond donors (Lipinski definition) is 0. The van der Waals surface area contributed by atoms with Gasteiger partial charge in [0.15, 0.2) is 0 Å². The third-order valence-electron chi connectivity index (χ3n) is 11.1. The molecule has 0 saturated carbocycles. The summed E-state index contributed by atoms with van der Waals surface area (Å²) in [5, 5.41) is 0. The molecule has 4 aliphatic heterocycles. The molecule has 5 aromatic rings.